The van der Waals surface area contributed by atoms with Gasteiger partial charge in [-0.3, -0.25) is 9.59 Å². The van der Waals surface area contributed by atoms with Crippen LogP contribution in [0.2, 0.25) is 0 Å². The second-order valence-corrected chi connectivity index (χ2v) is 5.48. The van der Waals surface area contributed by atoms with Crippen molar-refractivity contribution in [2.45, 2.75) is 37.8 Å². The Bertz CT molecular complexity index is 540. The minimum absolute atomic E-state index is 0.0563. The molecule has 2 fully saturated rings. The highest BCUT2D eigenvalue weighted by molar-refractivity contribution is 5.87. The van der Waals surface area contributed by atoms with Crippen molar-refractivity contribution >= 4 is 11.9 Å². The first-order valence-corrected chi connectivity index (χ1v) is 7.33. The molecule has 112 valence electrons. The second kappa shape index (κ2) is 5.76. The zero-order valence-corrected chi connectivity index (χ0v) is 12.1. The summed E-state index contributed by atoms with van der Waals surface area (Å²) in [4.78, 5) is 25.6. The lowest BCUT2D eigenvalue weighted by molar-refractivity contribution is -0.153. The Balaban J connectivity index is 1.75. The Kier molecular flexibility index (Phi) is 3.82. The van der Waals surface area contributed by atoms with E-state index in [-0.39, 0.29) is 17.9 Å². The summed E-state index contributed by atoms with van der Waals surface area (Å²) in [5.41, 5.74) is 1.10. The summed E-state index contributed by atoms with van der Waals surface area (Å²) in [6.45, 7) is 0.726. The third-order valence-corrected chi connectivity index (χ3v) is 4.20. The predicted octanol–water partition coefficient (Wildman–Crippen LogP) is 2.06. The number of esters is 1. The first-order chi connectivity index (χ1) is 10.2. The molecule has 1 aromatic rings. The Hall–Kier alpha value is -2.04. The standard InChI is InChI=1S/C16H19NO4/c1-20-12-6-4-11(5-7-12)13-3-2-10-17(13)16(19)14-8-9-15(18)21-14/h4-7,13-14H,2-3,8-10H2,1H3/t13-,14-/m1/s1. The molecule has 1 aromatic carbocycles. The van der Waals surface area contributed by atoms with E-state index < -0.39 is 6.10 Å². The van der Waals surface area contributed by atoms with Crippen LogP contribution in [0.3, 0.4) is 0 Å². The van der Waals surface area contributed by atoms with Crippen molar-refractivity contribution in [2.75, 3.05) is 13.7 Å². The van der Waals surface area contributed by atoms with Crippen LogP contribution < -0.4 is 4.74 Å². The average molecular weight is 289 g/mol. The molecule has 5 nitrogen and oxygen atoms in total. The van der Waals surface area contributed by atoms with Gasteiger partial charge < -0.3 is 14.4 Å². The number of benzene rings is 1. The maximum atomic E-state index is 12.5. The van der Waals surface area contributed by atoms with Crippen LogP contribution in [-0.2, 0) is 14.3 Å². The maximum absolute atomic E-state index is 12.5. The molecule has 0 saturated carbocycles. The summed E-state index contributed by atoms with van der Waals surface area (Å²) in [6, 6.07) is 7.88. The van der Waals surface area contributed by atoms with Crippen LogP contribution in [-0.4, -0.2) is 36.5 Å². The second-order valence-electron chi connectivity index (χ2n) is 5.48. The SMILES string of the molecule is COc1ccc([C@H]2CCCN2C(=O)[C@H]2CCC(=O)O2)cc1. The summed E-state index contributed by atoms with van der Waals surface area (Å²) in [6.07, 6.45) is 2.18. The fraction of sp³-hybridized carbons (Fsp3) is 0.500. The number of hydrogen-bond donors (Lipinski definition) is 0. The number of cyclic esters (lactones) is 1. The molecule has 2 saturated heterocycles. The number of amides is 1. The van der Waals surface area contributed by atoms with Crippen molar-refractivity contribution in [2.24, 2.45) is 0 Å². The van der Waals surface area contributed by atoms with Crippen molar-refractivity contribution in [1.29, 1.82) is 0 Å². The van der Waals surface area contributed by atoms with E-state index in [1.165, 1.54) is 0 Å². The minimum atomic E-state index is -0.587. The topological polar surface area (TPSA) is 55.8 Å². The fourth-order valence-corrected chi connectivity index (χ4v) is 3.09. The van der Waals surface area contributed by atoms with E-state index in [1.807, 2.05) is 29.2 Å². The molecule has 0 bridgehead atoms. The Labute approximate surface area is 123 Å². The van der Waals surface area contributed by atoms with Gasteiger partial charge in [0.2, 0.25) is 0 Å². The van der Waals surface area contributed by atoms with E-state index in [9.17, 15) is 9.59 Å². The number of carbonyl (C=O) groups excluding carboxylic acids is 2. The predicted molar refractivity (Wildman–Crippen MR) is 75.8 cm³/mol. The Morgan fingerprint density at radius 3 is 2.67 bits per heavy atom. The molecule has 2 atom stereocenters. The zero-order valence-electron chi connectivity index (χ0n) is 12.1. The van der Waals surface area contributed by atoms with Gasteiger partial charge in [-0.05, 0) is 30.5 Å². The summed E-state index contributed by atoms with van der Waals surface area (Å²) in [7, 11) is 1.63. The van der Waals surface area contributed by atoms with E-state index >= 15 is 0 Å². The zero-order chi connectivity index (χ0) is 14.8. The van der Waals surface area contributed by atoms with Crippen LogP contribution in [0, 0.1) is 0 Å². The number of nitrogens with zero attached hydrogens (tertiary/aromatic N) is 1. The van der Waals surface area contributed by atoms with Gasteiger partial charge in [0, 0.05) is 19.4 Å². The minimum Gasteiger partial charge on any atom is -0.497 e. The first-order valence-electron chi connectivity index (χ1n) is 7.33. The molecule has 2 aliphatic rings. The van der Waals surface area contributed by atoms with Crippen LogP contribution in [0.1, 0.15) is 37.3 Å². The number of methoxy groups -OCH3 is 1. The van der Waals surface area contributed by atoms with Crippen LogP contribution in [0.5, 0.6) is 5.75 Å². The van der Waals surface area contributed by atoms with Crippen molar-refractivity contribution in [3.8, 4) is 5.75 Å². The van der Waals surface area contributed by atoms with Gasteiger partial charge >= 0.3 is 5.97 Å². The maximum Gasteiger partial charge on any atom is 0.306 e. The summed E-state index contributed by atoms with van der Waals surface area (Å²) in [5.74, 6) is 0.479. The number of ether oxygens (including phenoxy) is 2. The molecule has 1 amide bonds. The highest BCUT2D eigenvalue weighted by atomic mass is 16.6. The van der Waals surface area contributed by atoms with Gasteiger partial charge in [-0.2, -0.15) is 0 Å². The molecule has 0 radical (unpaired) electrons. The van der Waals surface area contributed by atoms with Crippen LogP contribution >= 0.6 is 0 Å². The molecular weight excluding hydrogens is 270 g/mol. The first kappa shape index (κ1) is 13.9. The van der Waals surface area contributed by atoms with Gasteiger partial charge in [-0.25, -0.2) is 0 Å². The molecule has 21 heavy (non-hydrogen) atoms. The average Bonchev–Trinajstić information content (AvgIpc) is 3.15. The van der Waals surface area contributed by atoms with Gasteiger partial charge in [0.25, 0.3) is 5.91 Å². The molecule has 2 heterocycles. The molecule has 2 aliphatic heterocycles. The van der Waals surface area contributed by atoms with Gasteiger partial charge in [-0.1, -0.05) is 12.1 Å². The molecule has 0 aliphatic carbocycles. The molecule has 0 N–H and O–H groups in total. The lowest BCUT2D eigenvalue weighted by Gasteiger charge is -2.27. The van der Waals surface area contributed by atoms with Crippen LogP contribution in [0.4, 0.5) is 0 Å². The van der Waals surface area contributed by atoms with Crippen molar-refractivity contribution < 1.29 is 19.1 Å². The van der Waals surface area contributed by atoms with E-state index in [1.54, 1.807) is 7.11 Å². The monoisotopic (exact) mass is 289 g/mol. The molecule has 5 heteroatoms. The number of rotatable bonds is 3. The van der Waals surface area contributed by atoms with Gasteiger partial charge in [-0.15, -0.1) is 0 Å². The molecule has 0 spiro atoms. The van der Waals surface area contributed by atoms with Gasteiger partial charge in [0.15, 0.2) is 6.10 Å². The summed E-state index contributed by atoms with van der Waals surface area (Å²) in [5, 5.41) is 0. The highest BCUT2D eigenvalue weighted by Crippen LogP contribution is 2.34. The Morgan fingerprint density at radius 2 is 2.05 bits per heavy atom. The van der Waals surface area contributed by atoms with E-state index in [4.69, 9.17) is 9.47 Å². The van der Waals surface area contributed by atoms with E-state index in [0.717, 1.165) is 30.7 Å². The van der Waals surface area contributed by atoms with Gasteiger partial charge in [0.1, 0.15) is 5.75 Å². The van der Waals surface area contributed by atoms with E-state index in [0.29, 0.717) is 12.8 Å². The molecule has 3 rings (SSSR count). The number of carbonyl (C=O) groups is 2. The largest absolute Gasteiger partial charge is 0.497 e. The quantitative estimate of drug-likeness (QED) is 0.799. The third kappa shape index (κ3) is 2.73. The van der Waals surface area contributed by atoms with Crippen LogP contribution in [0.15, 0.2) is 24.3 Å². The smallest absolute Gasteiger partial charge is 0.306 e. The highest BCUT2D eigenvalue weighted by Gasteiger charge is 2.38. The van der Waals surface area contributed by atoms with Crippen LogP contribution in [0.25, 0.3) is 0 Å². The van der Waals surface area contributed by atoms with E-state index in [2.05, 4.69) is 0 Å². The Morgan fingerprint density at radius 1 is 1.29 bits per heavy atom. The van der Waals surface area contributed by atoms with Crippen molar-refractivity contribution in [3.05, 3.63) is 29.8 Å². The molecular formula is C16H19NO4. The lowest BCUT2D eigenvalue weighted by Crippen LogP contribution is -2.38. The van der Waals surface area contributed by atoms with Crippen molar-refractivity contribution in [1.82, 2.24) is 4.90 Å². The fourth-order valence-electron chi connectivity index (χ4n) is 3.09. The normalized spacial score (nSPS) is 25.0. The summed E-state index contributed by atoms with van der Waals surface area (Å²) < 4.78 is 10.3. The summed E-state index contributed by atoms with van der Waals surface area (Å²) >= 11 is 0. The van der Waals surface area contributed by atoms with Gasteiger partial charge in [0.05, 0.1) is 13.2 Å². The third-order valence-electron chi connectivity index (χ3n) is 4.20. The number of likely N-dealkylation sites (tertiary alicyclic amines) is 1. The van der Waals surface area contributed by atoms with Crippen molar-refractivity contribution in [3.63, 3.8) is 0 Å². The molecule has 0 unspecified atom stereocenters. The molecule has 0 aromatic heterocycles. The number of hydrogen-bond acceptors (Lipinski definition) is 4. The lowest BCUT2D eigenvalue weighted by atomic mass is 10.0.